The van der Waals surface area contributed by atoms with Crippen LogP contribution < -0.4 is 0 Å². The minimum Gasteiger partial charge on any atom is -0.384 e. The molecule has 16 heavy (non-hydrogen) atoms. The van der Waals surface area contributed by atoms with Crippen LogP contribution in [0.5, 0.6) is 0 Å². The number of aromatic nitrogens is 2. The van der Waals surface area contributed by atoms with Crippen LogP contribution in [0.15, 0.2) is 36.5 Å². The first-order valence-corrected chi connectivity index (χ1v) is 5.41. The zero-order valence-corrected chi connectivity index (χ0v) is 9.68. The minimum absolute atomic E-state index is 0.715. The van der Waals surface area contributed by atoms with Crippen molar-refractivity contribution in [1.29, 1.82) is 0 Å². The van der Waals surface area contributed by atoms with Gasteiger partial charge in [-0.25, -0.2) is 4.68 Å². The van der Waals surface area contributed by atoms with Crippen LogP contribution in [0.1, 0.15) is 11.3 Å². The SMILES string of the molecule is COCCc1nn(-c2ccccc2)cc1C. The highest BCUT2D eigenvalue weighted by Gasteiger charge is 2.05. The zero-order chi connectivity index (χ0) is 11.4. The van der Waals surface area contributed by atoms with E-state index in [1.807, 2.05) is 35.0 Å². The van der Waals surface area contributed by atoms with Crippen molar-refractivity contribution in [2.24, 2.45) is 0 Å². The highest BCUT2D eigenvalue weighted by atomic mass is 16.5. The summed E-state index contributed by atoms with van der Waals surface area (Å²) < 4.78 is 6.98. The van der Waals surface area contributed by atoms with E-state index in [-0.39, 0.29) is 0 Å². The van der Waals surface area contributed by atoms with E-state index in [9.17, 15) is 0 Å². The fourth-order valence-electron chi connectivity index (χ4n) is 1.65. The molecule has 0 saturated carbocycles. The third-order valence-corrected chi connectivity index (χ3v) is 2.56. The molecule has 0 N–H and O–H groups in total. The Hall–Kier alpha value is -1.61. The number of nitrogens with zero attached hydrogens (tertiary/aromatic N) is 2. The monoisotopic (exact) mass is 216 g/mol. The Balaban J connectivity index is 2.24. The molecule has 0 amide bonds. The summed E-state index contributed by atoms with van der Waals surface area (Å²) in [5, 5.41) is 4.55. The van der Waals surface area contributed by atoms with Crippen molar-refractivity contribution < 1.29 is 4.74 Å². The maximum Gasteiger partial charge on any atom is 0.0681 e. The second-order valence-corrected chi connectivity index (χ2v) is 3.78. The molecule has 0 aliphatic heterocycles. The number of rotatable bonds is 4. The summed E-state index contributed by atoms with van der Waals surface area (Å²) in [7, 11) is 1.71. The smallest absolute Gasteiger partial charge is 0.0681 e. The van der Waals surface area contributed by atoms with Crippen molar-refractivity contribution in [3.05, 3.63) is 47.8 Å². The second kappa shape index (κ2) is 4.94. The number of aryl methyl sites for hydroxylation is 1. The van der Waals surface area contributed by atoms with Crippen LogP contribution in [-0.2, 0) is 11.2 Å². The van der Waals surface area contributed by atoms with Gasteiger partial charge in [0.05, 0.1) is 18.0 Å². The van der Waals surface area contributed by atoms with Crippen molar-refractivity contribution in [1.82, 2.24) is 9.78 Å². The van der Waals surface area contributed by atoms with Crippen molar-refractivity contribution in [3.63, 3.8) is 0 Å². The topological polar surface area (TPSA) is 27.1 Å². The van der Waals surface area contributed by atoms with E-state index in [4.69, 9.17) is 4.74 Å². The summed E-state index contributed by atoms with van der Waals surface area (Å²) in [6, 6.07) is 10.1. The standard InChI is InChI=1S/C13H16N2O/c1-11-10-15(12-6-4-3-5-7-12)14-13(11)8-9-16-2/h3-7,10H,8-9H2,1-2H3. The maximum atomic E-state index is 5.07. The lowest BCUT2D eigenvalue weighted by atomic mass is 10.2. The van der Waals surface area contributed by atoms with Crippen molar-refractivity contribution in [2.45, 2.75) is 13.3 Å². The summed E-state index contributed by atoms with van der Waals surface area (Å²) >= 11 is 0. The molecule has 0 atom stereocenters. The largest absolute Gasteiger partial charge is 0.384 e. The fourth-order valence-corrected chi connectivity index (χ4v) is 1.65. The Morgan fingerprint density at radius 2 is 2.00 bits per heavy atom. The average Bonchev–Trinajstić information content (AvgIpc) is 2.69. The predicted octanol–water partition coefficient (Wildman–Crippen LogP) is 2.37. The molecular weight excluding hydrogens is 200 g/mol. The van der Waals surface area contributed by atoms with Gasteiger partial charge in [-0.15, -0.1) is 0 Å². The Kier molecular flexibility index (Phi) is 3.37. The van der Waals surface area contributed by atoms with Gasteiger partial charge in [0.15, 0.2) is 0 Å². The molecule has 3 heteroatoms. The fraction of sp³-hybridized carbons (Fsp3) is 0.308. The molecule has 2 rings (SSSR count). The lowest BCUT2D eigenvalue weighted by molar-refractivity contribution is 0.201. The van der Waals surface area contributed by atoms with Gasteiger partial charge in [0.1, 0.15) is 0 Å². The highest BCUT2D eigenvalue weighted by Crippen LogP contribution is 2.11. The molecule has 0 spiro atoms. The normalized spacial score (nSPS) is 10.6. The molecule has 1 aromatic heterocycles. The Labute approximate surface area is 95.7 Å². The zero-order valence-electron chi connectivity index (χ0n) is 9.68. The molecule has 1 heterocycles. The summed E-state index contributed by atoms with van der Waals surface area (Å²) in [5.74, 6) is 0. The van der Waals surface area contributed by atoms with Gasteiger partial charge < -0.3 is 4.74 Å². The molecule has 0 bridgehead atoms. The van der Waals surface area contributed by atoms with Crippen LogP contribution in [0.4, 0.5) is 0 Å². The molecule has 0 aliphatic carbocycles. The molecule has 84 valence electrons. The lowest BCUT2D eigenvalue weighted by Crippen LogP contribution is -1.99. The molecule has 0 unspecified atom stereocenters. The minimum atomic E-state index is 0.715. The molecule has 0 radical (unpaired) electrons. The van der Waals surface area contributed by atoms with Crippen molar-refractivity contribution >= 4 is 0 Å². The number of ether oxygens (including phenoxy) is 1. The second-order valence-electron chi connectivity index (χ2n) is 3.78. The molecule has 0 saturated heterocycles. The number of benzene rings is 1. The number of para-hydroxylation sites is 1. The van der Waals surface area contributed by atoms with Gasteiger partial charge in [0.25, 0.3) is 0 Å². The first-order chi connectivity index (χ1) is 7.81. The summed E-state index contributed by atoms with van der Waals surface area (Å²) in [6.45, 7) is 2.80. The number of hydrogen-bond acceptors (Lipinski definition) is 2. The van der Waals surface area contributed by atoms with Gasteiger partial charge >= 0.3 is 0 Å². The highest BCUT2D eigenvalue weighted by molar-refractivity contribution is 5.32. The van der Waals surface area contributed by atoms with E-state index < -0.39 is 0 Å². The molecule has 0 fully saturated rings. The molecule has 0 aliphatic rings. The number of methoxy groups -OCH3 is 1. The van der Waals surface area contributed by atoms with Crippen LogP contribution in [0.25, 0.3) is 5.69 Å². The van der Waals surface area contributed by atoms with Gasteiger partial charge in [0.2, 0.25) is 0 Å². The molecule has 2 aromatic rings. The summed E-state index contributed by atoms with van der Waals surface area (Å²) in [6.07, 6.45) is 2.92. The van der Waals surface area contributed by atoms with E-state index in [0.717, 1.165) is 17.8 Å². The van der Waals surface area contributed by atoms with Crippen LogP contribution >= 0.6 is 0 Å². The quantitative estimate of drug-likeness (QED) is 0.784. The molecule has 1 aromatic carbocycles. The van der Waals surface area contributed by atoms with Crippen molar-refractivity contribution in [2.75, 3.05) is 13.7 Å². The van der Waals surface area contributed by atoms with E-state index in [1.54, 1.807) is 7.11 Å². The third-order valence-electron chi connectivity index (χ3n) is 2.56. The van der Waals surface area contributed by atoms with Gasteiger partial charge in [0, 0.05) is 19.7 Å². The van der Waals surface area contributed by atoms with Crippen LogP contribution in [0.3, 0.4) is 0 Å². The third kappa shape index (κ3) is 2.31. The summed E-state index contributed by atoms with van der Waals surface area (Å²) in [4.78, 5) is 0. The average molecular weight is 216 g/mol. The van der Waals surface area contributed by atoms with Gasteiger partial charge in [-0.1, -0.05) is 18.2 Å². The van der Waals surface area contributed by atoms with E-state index in [2.05, 4.69) is 18.2 Å². The first-order valence-electron chi connectivity index (χ1n) is 5.41. The van der Waals surface area contributed by atoms with Crippen LogP contribution in [0.2, 0.25) is 0 Å². The first kappa shape index (κ1) is 10.9. The molecular formula is C13H16N2O. The molecule has 3 nitrogen and oxygen atoms in total. The van der Waals surface area contributed by atoms with Crippen LogP contribution in [-0.4, -0.2) is 23.5 Å². The predicted molar refractivity (Wildman–Crippen MR) is 63.9 cm³/mol. The number of hydrogen-bond donors (Lipinski definition) is 0. The Morgan fingerprint density at radius 1 is 1.25 bits per heavy atom. The van der Waals surface area contributed by atoms with Gasteiger partial charge in [-0.3, -0.25) is 0 Å². The van der Waals surface area contributed by atoms with Gasteiger partial charge in [-0.2, -0.15) is 5.10 Å². The van der Waals surface area contributed by atoms with E-state index in [1.165, 1.54) is 5.56 Å². The maximum absolute atomic E-state index is 5.07. The van der Waals surface area contributed by atoms with E-state index >= 15 is 0 Å². The van der Waals surface area contributed by atoms with Gasteiger partial charge in [-0.05, 0) is 24.6 Å². The summed E-state index contributed by atoms with van der Waals surface area (Å²) in [5.41, 5.74) is 3.40. The van der Waals surface area contributed by atoms with Crippen LogP contribution in [0, 0.1) is 6.92 Å². The van der Waals surface area contributed by atoms with Crippen molar-refractivity contribution in [3.8, 4) is 5.69 Å². The Morgan fingerprint density at radius 3 is 2.69 bits per heavy atom. The Bertz CT molecular complexity index is 448. The van der Waals surface area contributed by atoms with E-state index in [0.29, 0.717) is 6.61 Å². The lowest BCUT2D eigenvalue weighted by Gasteiger charge is -1.99.